The molecule has 1 aromatic heterocycles. The van der Waals surface area contributed by atoms with E-state index in [1.165, 1.54) is 12.1 Å². The second-order valence-corrected chi connectivity index (χ2v) is 4.82. The van der Waals surface area contributed by atoms with Crippen molar-refractivity contribution >= 4 is 29.0 Å². The van der Waals surface area contributed by atoms with Crippen molar-refractivity contribution in [3.8, 4) is 0 Å². The van der Waals surface area contributed by atoms with Gasteiger partial charge >= 0.3 is 0 Å². The van der Waals surface area contributed by atoms with Crippen LogP contribution in [0.3, 0.4) is 0 Å². The van der Waals surface area contributed by atoms with Crippen molar-refractivity contribution in [2.45, 2.75) is 0 Å². The van der Waals surface area contributed by atoms with Crippen LogP contribution in [0.4, 0.5) is 4.39 Å². The Morgan fingerprint density at radius 1 is 1.10 bits per heavy atom. The Kier molecular flexibility index (Phi) is 3.23. The van der Waals surface area contributed by atoms with Gasteiger partial charge in [-0.1, -0.05) is 12.1 Å². The topological polar surface area (TPSA) is 54.9 Å². The van der Waals surface area contributed by atoms with E-state index in [4.69, 9.17) is 12.2 Å². The number of carbonyl (C=O) groups is 1. The molecule has 0 fully saturated rings. The van der Waals surface area contributed by atoms with Crippen molar-refractivity contribution in [3.05, 3.63) is 75.0 Å². The average molecular weight is 300 g/mol. The number of nitrogens with one attached hydrogen (secondary N) is 1. The van der Waals surface area contributed by atoms with Gasteiger partial charge in [0.1, 0.15) is 5.82 Å². The molecule has 0 bridgehead atoms. The molecule has 0 saturated carbocycles. The Bertz CT molecular complexity index is 958. The zero-order valence-electron chi connectivity index (χ0n) is 10.7. The molecule has 1 heterocycles. The molecule has 6 heteroatoms. The minimum absolute atomic E-state index is 0.00743. The van der Waals surface area contributed by atoms with E-state index in [0.717, 1.165) is 16.7 Å². The van der Waals surface area contributed by atoms with E-state index in [-0.39, 0.29) is 10.3 Å². The maximum Gasteiger partial charge on any atom is 0.269 e. The van der Waals surface area contributed by atoms with Crippen molar-refractivity contribution in [2.75, 3.05) is 0 Å². The van der Waals surface area contributed by atoms with Gasteiger partial charge in [-0.25, -0.2) is 8.96 Å². The summed E-state index contributed by atoms with van der Waals surface area (Å²) < 4.78 is 13.8. The molecule has 0 radical (unpaired) electrons. The van der Waals surface area contributed by atoms with E-state index in [2.05, 4.69) is 4.98 Å². The van der Waals surface area contributed by atoms with Crippen LogP contribution in [0.1, 0.15) is 10.4 Å². The monoisotopic (exact) mass is 300 g/mol. The van der Waals surface area contributed by atoms with Crippen LogP contribution in [0.2, 0.25) is 0 Å². The average Bonchev–Trinajstić information content (AvgIpc) is 2.48. The summed E-state index contributed by atoms with van der Waals surface area (Å²) in [6, 6.07) is 11.7. The Balaban J connectivity index is 2.25. The number of hydrogen-bond donors (Lipinski definition) is 1. The molecule has 0 unspecified atom stereocenters. The number of benzene rings is 2. The second kappa shape index (κ2) is 5.06. The van der Waals surface area contributed by atoms with Crippen molar-refractivity contribution in [3.63, 3.8) is 0 Å². The first-order valence-corrected chi connectivity index (χ1v) is 6.53. The SMILES string of the molecule is O=C(c1ccc(F)cc1)n1c(=S)[nH]c2ccccc2c1=O. The lowest BCUT2D eigenvalue weighted by atomic mass is 10.2. The number of aromatic nitrogens is 2. The fraction of sp³-hybridized carbons (Fsp3) is 0. The van der Waals surface area contributed by atoms with Crippen LogP contribution >= 0.6 is 12.2 Å². The number of H-pyrrole nitrogens is 1. The molecule has 3 rings (SSSR count). The van der Waals surface area contributed by atoms with Gasteiger partial charge in [0.25, 0.3) is 11.5 Å². The Morgan fingerprint density at radius 3 is 2.48 bits per heavy atom. The predicted molar refractivity (Wildman–Crippen MR) is 79.5 cm³/mol. The number of aromatic amines is 1. The van der Waals surface area contributed by atoms with E-state index < -0.39 is 17.3 Å². The first-order chi connectivity index (χ1) is 10.1. The zero-order valence-corrected chi connectivity index (χ0v) is 11.5. The van der Waals surface area contributed by atoms with Gasteiger partial charge in [0.15, 0.2) is 4.77 Å². The third-order valence-electron chi connectivity index (χ3n) is 3.10. The molecule has 0 spiro atoms. The first-order valence-electron chi connectivity index (χ1n) is 6.12. The molecule has 21 heavy (non-hydrogen) atoms. The van der Waals surface area contributed by atoms with E-state index >= 15 is 0 Å². The van der Waals surface area contributed by atoms with Gasteiger partial charge < -0.3 is 4.98 Å². The minimum Gasteiger partial charge on any atom is -0.331 e. The molecular formula is C15H9FN2O2S. The molecule has 3 aromatic rings. The van der Waals surface area contributed by atoms with Crippen molar-refractivity contribution in [2.24, 2.45) is 0 Å². The summed E-state index contributed by atoms with van der Waals surface area (Å²) in [7, 11) is 0. The number of hydrogen-bond acceptors (Lipinski definition) is 3. The lowest BCUT2D eigenvalue weighted by molar-refractivity contribution is 0.0953. The highest BCUT2D eigenvalue weighted by Crippen LogP contribution is 2.09. The molecule has 0 amide bonds. The number of carbonyl (C=O) groups excluding carboxylic acids is 1. The Morgan fingerprint density at radius 2 is 1.76 bits per heavy atom. The molecule has 0 atom stereocenters. The molecule has 0 aliphatic rings. The molecule has 1 N–H and O–H groups in total. The normalized spacial score (nSPS) is 10.7. The zero-order chi connectivity index (χ0) is 15.0. The highest BCUT2D eigenvalue weighted by molar-refractivity contribution is 7.71. The van der Waals surface area contributed by atoms with Crippen LogP contribution in [-0.4, -0.2) is 15.5 Å². The van der Waals surface area contributed by atoms with Gasteiger partial charge in [0.05, 0.1) is 10.9 Å². The summed E-state index contributed by atoms with van der Waals surface area (Å²) in [6.45, 7) is 0. The van der Waals surface area contributed by atoms with Crippen LogP contribution in [0, 0.1) is 10.6 Å². The number of para-hydroxylation sites is 1. The lowest BCUT2D eigenvalue weighted by Gasteiger charge is -2.06. The highest BCUT2D eigenvalue weighted by atomic mass is 32.1. The van der Waals surface area contributed by atoms with Crippen LogP contribution in [0.15, 0.2) is 53.3 Å². The van der Waals surface area contributed by atoms with Gasteiger partial charge in [-0.3, -0.25) is 9.59 Å². The molecule has 104 valence electrons. The van der Waals surface area contributed by atoms with Gasteiger partial charge in [0, 0.05) is 5.56 Å². The van der Waals surface area contributed by atoms with Gasteiger partial charge in [-0.05, 0) is 48.6 Å². The number of halogens is 1. The molecular weight excluding hydrogens is 291 g/mol. The van der Waals surface area contributed by atoms with E-state index in [1.54, 1.807) is 24.3 Å². The van der Waals surface area contributed by atoms with Crippen LogP contribution in [0.5, 0.6) is 0 Å². The Hall–Kier alpha value is -2.60. The molecule has 0 aliphatic carbocycles. The number of rotatable bonds is 1. The summed E-state index contributed by atoms with van der Waals surface area (Å²) >= 11 is 5.08. The lowest BCUT2D eigenvalue weighted by Crippen LogP contribution is -2.29. The summed E-state index contributed by atoms with van der Waals surface area (Å²) in [5, 5.41) is 0.363. The summed E-state index contributed by atoms with van der Waals surface area (Å²) in [6.07, 6.45) is 0. The third kappa shape index (κ3) is 2.30. The molecule has 2 aromatic carbocycles. The van der Waals surface area contributed by atoms with Crippen LogP contribution in [0.25, 0.3) is 10.9 Å². The highest BCUT2D eigenvalue weighted by Gasteiger charge is 2.14. The first kappa shape index (κ1) is 13.4. The number of nitrogens with zero attached hydrogens (tertiary/aromatic N) is 1. The van der Waals surface area contributed by atoms with Gasteiger partial charge in [-0.15, -0.1) is 0 Å². The fourth-order valence-electron chi connectivity index (χ4n) is 2.07. The largest absolute Gasteiger partial charge is 0.331 e. The minimum atomic E-state index is -0.591. The maximum absolute atomic E-state index is 12.9. The van der Waals surface area contributed by atoms with Crippen molar-refractivity contribution in [1.29, 1.82) is 0 Å². The maximum atomic E-state index is 12.9. The fourth-order valence-corrected chi connectivity index (χ4v) is 2.34. The summed E-state index contributed by atoms with van der Waals surface area (Å²) in [5.74, 6) is -1.05. The van der Waals surface area contributed by atoms with Crippen LogP contribution < -0.4 is 5.56 Å². The Labute approximate surface area is 123 Å². The smallest absolute Gasteiger partial charge is 0.269 e. The molecule has 0 saturated heterocycles. The van der Waals surface area contributed by atoms with E-state index in [1.807, 2.05) is 0 Å². The number of fused-ring (bicyclic) bond motifs is 1. The quantitative estimate of drug-likeness (QED) is 0.703. The predicted octanol–water partition coefficient (Wildman–Crippen LogP) is 2.89. The summed E-state index contributed by atoms with van der Waals surface area (Å²) in [5.41, 5.74) is 0.257. The van der Waals surface area contributed by atoms with Gasteiger partial charge in [0.2, 0.25) is 0 Å². The van der Waals surface area contributed by atoms with Crippen LogP contribution in [-0.2, 0) is 0 Å². The third-order valence-corrected chi connectivity index (χ3v) is 3.38. The van der Waals surface area contributed by atoms with Gasteiger partial charge in [-0.2, -0.15) is 0 Å². The summed E-state index contributed by atoms with van der Waals surface area (Å²) in [4.78, 5) is 27.7. The van der Waals surface area contributed by atoms with Crippen molar-refractivity contribution < 1.29 is 9.18 Å². The van der Waals surface area contributed by atoms with E-state index in [0.29, 0.717) is 10.9 Å². The van der Waals surface area contributed by atoms with Crippen molar-refractivity contribution in [1.82, 2.24) is 9.55 Å². The molecule has 4 nitrogen and oxygen atoms in total. The second-order valence-electron chi connectivity index (χ2n) is 4.43. The molecule has 0 aliphatic heterocycles. The van der Waals surface area contributed by atoms with E-state index in [9.17, 15) is 14.0 Å². The standard InChI is InChI=1S/C15H9FN2O2S/c16-10-7-5-9(6-8-10)13(19)18-14(20)11-3-1-2-4-12(11)17-15(18)21/h1-8H,(H,17,21).